The first kappa shape index (κ1) is 26.8. The van der Waals surface area contributed by atoms with Gasteiger partial charge in [0.05, 0.1) is 12.1 Å². The second-order valence-corrected chi connectivity index (χ2v) is 12.8. The first-order valence-corrected chi connectivity index (χ1v) is 15.1. The Kier molecular flexibility index (Phi) is 7.17. The Balaban J connectivity index is 1.53. The molecule has 0 aliphatic carbocycles. The summed E-state index contributed by atoms with van der Waals surface area (Å²) in [5, 5.41) is 4.75. The normalized spacial score (nSPS) is 11.8. The molecule has 1 N–H and O–H groups in total. The van der Waals surface area contributed by atoms with Crippen molar-refractivity contribution in [1.82, 2.24) is 14.7 Å². The molecule has 0 bridgehead atoms. The molecular weight excluding hydrogens is 532 g/mol. The Morgan fingerprint density at radius 2 is 1.77 bits per heavy atom. The van der Waals surface area contributed by atoms with Crippen LogP contribution in [0.5, 0.6) is 0 Å². The topological polar surface area (TPSA) is 107 Å². The molecule has 0 amide bonds. The van der Waals surface area contributed by atoms with Crippen molar-refractivity contribution in [2.24, 2.45) is 0 Å². The van der Waals surface area contributed by atoms with Crippen molar-refractivity contribution < 1.29 is 12.9 Å². The number of thiophene rings is 1. The van der Waals surface area contributed by atoms with E-state index in [9.17, 15) is 13.2 Å². The van der Waals surface area contributed by atoms with Crippen LogP contribution in [0.1, 0.15) is 46.8 Å². The van der Waals surface area contributed by atoms with Crippen LogP contribution in [0.2, 0.25) is 0 Å². The summed E-state index contributed by atoms with van der Waals surface area (Å²) in [4.78, 5) is 18.6. The van der Waals surface area contributed by atoms with Gasteiger partial charge in [0.1, 0.15) is 10.5 Å². The summed E-state index contributed by atoms with van der Waals surface area (Å²) >= 11 is 1.21. The Morgan fingerprint density at radius 3 is 2.44 bits per heavy atom. The highest BCUT2D eigenvalue weighted by Gasteiger charge is 2.25. The fraction of sp³-hybridized carbons (Fsp3) is 0.276. The zero-order chi connectivity index (χ0) is 27.9. The first-order valence-electron chi connectivity index (χ1n) is 12.8. The SMILES string of the molecule is CCc1cc2c(ccc(=O)n2Cc2ccc(-c3cc(C)sc3S(=O)(=O)Nc3nocc3C)c(C)c2)c(CC)n1. The molecule has 0 aliphatic heterocycles. The third kappa shape index (κ3) is 5.14. The average Bonchev–Trinajstić information content (AvgIpc) is 3.50. The van der Waals surface area contributed by atoms with Gasteiger partial charge in [0.2, 0.25) is 0 Å². The molecule has 5 rings (SSSR count). The smallest absolute Gasteiger partial charge is 0.273 e. The molecule has 5 aromatic rings. The second kappa shape index (κ2) is 10.4. The van der Waals surface area contributed by atoms with Gasteiger partial charge in [0, 0.05) is 38.8 Å². The summed E-state index contributed by atoms with van der Waals surface area (Å²) in [6, 6.07) is 13.3. The minimum atomic E-state index is -3.89. The van der Waals surface area contributed by atoms with E-state index in [0.717, 1.165) is 56.7 Å². The number of hydrogen-bond acceptors (Lipinski definition) is 7. The van der Waals surface area contributed by atoms with Gasteiger partial charge in [0.25, 0.3) is 15.6 Å². The van der Waals surface area contributed by atoms with Crippen LogP contribution < -0.4 is 10.3 Å². The van der Waals surface area contributed by atoms with Gasteiger partial charge in [-0.2, -0.15) is 0 Å². The van der Waals surface area contributed by atoms with Crippen LogP contribution in [0.4, 0.5) is 5.82 Å². The van der Waals surface area contributed by atoms with E-state index in [1.54, 1.807) is 17.6 Å². The minimum Gasteiger partial charge on any atom is -0.362 e. The molecule has 0 saturated heterocycles. The van der Waals surface area contributed by atoms with E-state index in [0.29, 0.717) is 17.7 Å². The van der Waals surface area contributed by atoms with Crippen molar-refractivity contribution in [2.45, 2.75) is 58.2 Å². The number of aryl methyl sites for hydroxylation is 5. The molecule has 4 aromatic heterocycles. The summed E-state index contributed by atoms with van der Waals surface area (Å²) in [5.74, 6) is 0.173. The predicted octanol–water partition coefficient (Wildman–Crippen LogP) is 6.01. The number of hydrogen-bond donors (Lipinski definition) is 1. The number of pyridine rings is 2. The molecular formula is C29H30N4O4S2. The van der Waals surface area contributed by atoms with E-state index in [1.807, 2.05) is 50.2 Å². The Labute approximate surface area is 231 Å². The molecule has 202 valence electrons. The van der Waals surface area contributed by atoms with Gasteiger partial charge in [0.15, 0.2) is 5.82 Å². The number of benzene rings is 1. The summed E-state index contributed by atoms with van der Waals surface area (Å²) in [6.07, 6.45) is 2.97. The van der Waals surface area contributed by atoms with Gasteiger partial charge in [-0.25, -0.2) is 8.42 Å². The Morgan fingerprint density at radius 1 is 0.974 bits per heavy atom. The molecule has 8 nitrogen and oxygen atoms in total. The molecule has 10 heteroatoms. The highest BCUT2D eigenvalue weighted by atomic mass is 32.2. The standard InChI is InChI=1S/C29H30N4O4S2/c1-6-21-14-26-23(25(7-2)30-21)10-11-27(34)33(26)15-20-8-9-22(17(3)12-20)24-13-19(5)38-29(24)39(35,36)32-28-18(4)16-37-31-28/h8-14,16H,6-7,15H2,1-5H3,(H,31,32). The number of nitrogens with one attached hydrogen (secondary N) is 1. The summed E-state index contributed by atoms with van der Waals surface area (Å²) in [5.41, 5.74) is 6.66. The molecule has 0 spiro atoms. The minimum absolute atomic E-state index is 0.0735. The quantitative estimate of drug-likeness (QED) is 0.248. The third-order valence-corrected chi connectivity index (χ3v) is 9.70. The average molecular weight is 563 g/mol. The lowest BCUT2D eigenvalue weighted by Gasteiger charge is -2.15. The van der Waals surface area contributed by atoms with E-state index < -0.39 is 10.0 Å². The number of anilines is 1. The van der Waals surface area contributed by atoms with E-state index in [1.165, 1.54) is 17.6 Å². The summed E-state index contributed by atoms with van der Waals surface area (Å²) in [6.45, 7) is 10.1. The maximum absolute atomic E-state index is 13.3. The van der Waals surface area contributed by atoms with Crippen LogP contribution in [-0.4, -0.2) is 23.1 Å². The zero-order valence-corrected chi connectivity index (χ0v) is 24.2. The Bertz CT molecular complexity index is 1870. The second-order valence-electron chi connectivity index (χ2n) is 9.62. The van der Waals surface area contributed by atoms with E-state index in [-0.39, 0.29) is 15.6 Å². The van der Waals surface area contributed by atoms with Crippen LogP contribution in [0.3, 0.4) is 0 Å². The molecule has 39 heavy (non-hydrogen) atoms. The zero-order valence-electron chi connectivity index (χ0n) is 22.5. The molecule has 0 saturated carbocycles. The van der Waals surface area contributed by atoms with Crippen LogP contribution in [-0.2, 0) is 29.4 Å². The van der Waals surface area contributed by atoms with E-state index >= 15 is 0 Å². The predicted molar refractivity (Wildman–Crippen MR) is 155 cm³/mol. The molecule has 1 aromatic carbocycles. The third-order valence-electron chi connectivity index (χ3n) is 6.78. The number of sulfonamides is 1. The van der Waals surface area contributed by atoms with Gasteiger partial charge in [-0.3, -0.25) is 14.5 Å². The van der Waals surface area contributed by atoms with Crippen molar-refractivity contribution in [3.63, 3.8) is 0 Å². The van der Waals surface area contributed by atoms with E-state index in [2.05, 4.69) is 23.7 Å². The molecule has 0 fully saturated rings. The van der Waals surface area contributed by atoms with Gasteiger partial charge in [-0.15, -0.1) is 11.3 Å². The fourth-order valence-corrected chi connectivity index (χ4v) is 7.49. The van der Waals surface area contributed by atoms with Crippen molar-refractivity contribution in [3.05, 3.63) is 92.0 Å². The number of nitrogens with zero attached hydrogens (tertiary/aromatic N) is 3. The van der Waals surface area contributed by atoms with Crippen LogP contribution >= 0.6 is 11.3 Å². The largest absolute Gasteiger partial charge is 0.362 e. The highest BCUT2D eigenvalue weighted by Crippen LogP contribution is 2.38. The lowest BCUT2D eigenvalue weighted by atomic mass is 10.00. The summed E-state index contributed by atoms with van der Waals surface area (Å²) in [7, 11) is -3.89. The van der Waals surface area contributed by atoms with Crippen molar-refractivity contribution in [3.8, 4) is 11.1 Å². The van der Waals surface area contributed by atoms with Crippen LogP contribution in [0.25, 0.3) is 22.0 Å². The molecule has 4 heterocycles. The van der Waals surface area contributed by atoms with Gasteiger partial charge >= 0.3 is 0 Å². The molecule has 0 aliphatic rings. The maximum Gasteiger partial charge on any atom is 0.273 e. The van der Waals surface area contributed by atoms with E-state index in [4.69, 9.17) is 9.51 Å². The van der Waals surface area contributed by atoms with Crippen LogP contribution in [0.15, 0.2) is 62.3 Å². The van der Waals surface area contributed by atoms with Gasteiger partial charge in [-0.05, 0) is 68.5 Å². The van der Waals surface area contributed by atoms with Crippen LogP contribution in [0, 0.1) is 20.8 Å². The van der Waals surface area contributed by atoms with Gasteiger partial charge < -0.3 is 9.09 Å². The highest BCUT2D eigenvalue weighted by molar-refractivity contribution is 7.94. The van der Waals surface area contributed by atoms with Crippen molar-refractivity contribution >= 4 is 38.1 Å². The number of aromatic nitrogens is 3. The monoisotopic (exact) mass is 562 g/mol. The maximum atomic E-state index is 13.3. The van der Waals surface area contributed by atoms with Gasteiger partial charge in [-0.1, -0.05) is 37.2 Å². The first-order chi connectivity index (χ1) is 18.6. The molecule has 0 unspecified atom stereocenters. The number of fused-ring (bicyclic) bond motifs is 1. The Hall–Kier alpha value is -3.76. The molecule has 0 atom stereocenters. The van der Waals surface area contributed by atoms with Crippen molar-refractivity contribution in [2.75, 3.05) is 4.72 Å². The number of rotatable bonds is 8. The van der Waals surface area contributed by atoms with Crippen molar-refractivity contribution in [1.29, 1.82) is 0 Å². The summed E-state index contributed by atoms with van der Waals surface area (Å²) < 4.78 is 36.1. The lowest BCUT2D eigenvalue weighted by molar-refractivity contribution is 0.422. The fourth-order valence-electron chi connectivity index (χ4n) is 4.78. The molecule has 0 radical (unpaired) electrons. The lowest BCUT2D eigenvalue weighted by Crippen LogP contribution is -2.21.